The maximum absolute atomic E-state index is 10.6. The van der Waals surface area contributed by atoms with Crippen LogP contribution in [-0.4, -0.2) is 32.4 Å². The molecule has 0 aliphatic carbocycles. The molecule has 0 spiro atoms. The lowest BCUT2D eigenvalue weighted by Gasteiger charge is -1.99. The van der Waals surface area contributed by atoms with Crippen molar-refractivity contribution in [3.63, 3.8) is 0 Å². The second-order valence-electron chi connectivity index (χ2n) is 5.27. The standard InChI is InChI=1S/C17H13BrN4O2/c1-24-11-5-6-12-13(8-11)20-17(19-12)15-16(23)14(21-22-15)9-3-2-4-10(18)7-9/h2-8,23H,1H3,(H,19,20)(H,21,22). The Morgan fingerprint density at radius 3 is 2.83 bits per heavy atom. The highest BCUT2D eigenvalue weighted by molar-refractivity contribution is 9.10. The molecule has 0 aliphatic heterocycles. The molecule has 24 heavy (non-hydrogen) atoms. The average molecular weight is 385 g/mol. The first-order chi connectivity index (χ1) is 11.7. The number of ether oxygens (including phenoxy) is 1. The van der Waals surface area contributed by atoms with Crippen LogP contribution in [0.1, 0.15) is 0 Å². The number of hydrogen-bond acceptors (Lipinski definition) is 4. The lowest BCUT2D eigenvalue weighted by atomic mass is 10.1. The fraction of sp³-hybridized carbons (Fsp3) is 0.0588. The van der Waals surface area contributed by atoms with Gasteiger partial charge in [-0.15, -0.1) is 0 Å². The summed E-state index contributed by atoms with van der Waals surface area (Å²) in [6.45, 7) is 0. The van der Waals surface area contributed by atoms with Gasteiger partial charge in [-0.05, 0) is 24.3 Å². The predicted molar refractivity (Wildman–Crippen MR) is 95.0 cm³/mol. The van der Waals surface area contributed by atoms with Gasteiger partial charge in [0.2, 0.25) is 0 Å². The lowest BCUT2D eigenvalue weighted by molar-refractivity contribution is 0.415. The van der Waals surface area contributed by atoms with Gasteiger partial charge in [0.1, 0.15) is 11.4 Å². The van der Waals surface area contributed by atoms with E-state index in [2.05, 4.69) is 36.1 Å². The number of H-pyrrole nitrogens is 2. The third kappa shape index (κ3) is 2.43. The fourth-order valence-corrected chi connectivity index (χ4v) is 2.97. The normalized spacial score (nSPS) is 11.1. The van der Waals surface area contributed by atoms with Gasteiger partial charge in [-0.25, -0.2) is 4.98 Å². The molecule has 0 unspecified atom stereocenters. The minimum atomic E-state index is 0.0547. The van der Waals surface area contributed by atoms with Crippen LogP contribution >= 0.6 is 15.9 Å². The monoisotopic (exact) mass is 384 g/mol. The largest absolute Gasteiger partial charge is 0.504 e. The molecule has 3 N–H and O–H groups in total. The molecular formula is C17H13BrN4O2. The molecule has 0 aliphatic rings. The first-order valence-corrected chi connectivity index (χ1v) is 8.02. The molecule has 4 aromatic rings. The molecule has 0 saturated carbocycles. The Kier molecular flexibility index (Phi) is 3.50. The highest BCUT2D eigenvalue weighted by Gasteiger charge is 2.18. The van der Waals surface area contributed by atoms with E-state index in [-0.39, 0.29) is 5.75 Å². The number of methoxy groups -OCH3 is 1. The number of hydrogen-bond donors (Lipinski definition) is 3. The summed E-state index contributed by atoms with van der Waals surface area (Å²) in [5.41, 5.74) is 3.34. The number of aromatic nitrogens is 4. The molecule has 0 bridgehead atoms. The van der Waals surface area contributed by atoms with E-state index >= 15 is 0 Å². The number of nitrogens with one attached hydrogen (secondary N) is 2. The minimum absolute atomic E-state index is 0.0547. The van der Waals surface area contributed by atoms with E-state index < -0.39 is 0 Å². The summed E-state index contributed by atoms with van der Waals surface area (Å²) in [6.07, 6.45) is 0. The van der Waals surface area contributed by atoms with E-state index in [0.29, 0.717) is 17.2 Å². The molecule has 0 fully saturated rings. The Balaban J connectivity index is 1.80. The zero-order valence-corrected chi connectivity index (χ0v) is 14.3. The van der Waals surface area contributed by atoms with Crippen molar-refractivity contribution >= 4 is 27.0 Å². The van der Waals surface area contributed by atoms with Gasteiger partial charge in [0, 0.05) is 16.1 Å². The van der Waals surface area contributed by atoms with Crippen LogP contribution in [0.4, 0.5) is 0 Å². The summed E-state index contributed by atoms with van der Waals surface area (Å²) >= 11 is 3.43. The number of imidazole rings is 1. The van der Waals surface area contributed by atoms with Gasteiger partial charge in [-0.3, -0.25) is 5.10 Å². The summed E-state index contributed by atoms with van der Waals surface area (Å²) in [5, 5.41) is 17.7. The van der Waals surface area contributed by atoms with Gasteiger partial charge >= 0.3 is 0 Å². The zero-order chi connectivity index (χ0) is 16.7. The third-order valence-electron chi connectivity index (χ3n) is 3.77. The van der Waals surface area contributed by atoms with Crippen LogP contribution in [0.15, 0.2) is 46.9 Å². The van der Waals surface area contributed by atoms with Gasteiger partial charge in [-0.2, -0.15) is 5.10 Å². The SMILES string of the molecule is COc1ccc2nc(-c3n[nH]c(-c4cccc(Br)c4)c3O)[nH]c2c1. The summed E-state index contributed by atoms with van der Waals surface area (Å²) < 4.78 is 6.13. The molecule has 4 rings (SSSR count). The van der Waals surface area contributed by atoms with Gasteiger partial charge in [0.05, 0.1) is 18.1 Å². The van der Waals surface area contributed by atoms with Gasteiger partial charge < -0.3 is 14.8 Å². The molecular weight excluding hydrogens is 372 g/mol. The number of rotatable bonds is 3. The summed E-state index contributed by atoms with van der Waals surface area (Å²) in [5.74, 6) is 1.28. The maximum Gasteiger partial charge on any atom is 0.172 e. The van der Waals surface area contributed by atoms with Crippen molar-refractivity contribution in [1.82, 2.24) is 20.2 Å². The quantitative estimate of drug-likeness (QED) is 0.496. The smallest absolute Gasteiger partial charge is 0.172 e. The minimum Gasteiger partial charge on any atom is -0.504 e. The molecule has 7 heteroatoms. The van der Waals surface area contributed by atoms with E-state index in [0.717, 1.165) is 26.8 Å². The summed E-state index contributed by atoms with van der Waals surface area (Å²) in [7, 11) is 1.61. The van der Waals surface area contributed by atoms with Crippen LogP contribution in [0, 0.1) is 0 Å². The number of aromatic amines is 2. The Labute approximate surface area is 145 Å². The Bertz CT molecular complexity index is 1040. The maximum atomic E-state index is 10.6. The summed E-state index contributed by atoms with van der Waals surface area (Å²) in [4.78, 5) is 7.64. The molecule has 0 radical (unpaired) electrons. The van der Waals surface area contributed by atoms with Crippen LogP contribution in [0.2, 0.25) is 0 Å². The third-order valence-corrected chi connectivity index (χ3v) is 4.26. The number of aromatic hydroxyl groups is 1. The number of halogens is 1. The number of nitrogens with zero attached hydrogens (tertiary/aromatic N) is 2. The molecule has 0 atom stereocenters. The van der Waals surface area contributed by atoms with E-state index in [1.54, 1.807) is 7.11 Å². The first-order valence-electron chi connectivity index (χ1n) is 7.23. The Morgan fingerprint density at radius 2 is 2.04 bits per heavy atom. The fourth-order valence-electron chi connectivity index (χ4n) is 2.57. The molecule has 6 nitrogen and oxygen atoms in total. The Hall–Kier alpha value is -2.80. The van der Waals surface area contributed by atoms with Crippen molar-refractivity contribution in [2.24, 2.45) is 0 Å². The molecule has 0 amide bonds. The van der Waals surface area contributed by atoms with Gasteiger partial charge in [-0.1, -0.05) is 28.1 Å². The second-order valence-corrected chi connectivity index (χ2v) is 6.19. The highest BCUT2D eigenvalue weighted by atomic mass is 79.9. The van der Waals surface area contributed by atoms with Crippen molar-refractivity contribution < 1.29 is 9.84 Å². The molecule has 2 heterocycles. The predicted octanol–water partition coefficient (Wildman–Crippen LogP) is 4.10. The molecule has 120 valence electrons. The van der Waals surface area contributed by atoms with Crippen LogP contribution in [-0.2, 0) is 0 Å². The van der Waals surface area contributed by atoms with Gasteiger partial charge in [0.15, 0.2) is 17.3 Å². The zero-order valence-electron chi connectivity index (χ0n) is 12.7. The van der Waals surface area contributed by atoms with Crippen LogP contribution in [0.25, 0.3) is 33.8 Å². The van der Waals surface area contributed by atoms with Crippen LogP contribution in [0.3, 0.4) is 0 Å². The van der Waals surface area contributed by atoms with Crippen molar-refractivity contribution in [2.75, 3.05) is 7.11 Å². The molecule has 2 aromatic heterocycles. The van der Waals surface area contributed by atoms with Crippen molar-refractivity contribution in [3.8, 4) is 34.3 Å². The van der Waals surface area contributed by atoms with E-state index in [4.69, 9.17) is 4.74 Å². The van der Waals surface area contributed by atoms with Crippen molar-refractivity contribution in [1.29, 1.82) is 0 Å². The average Bonchev–Trinajstić information content (AvgIpc) is 3.17. The topological polar surface area (TPSA) is 86.8 Å². The van der Waals surface area contributed by atoms with E-state index in [9.17, 15) is 5.11 Å². The highest BCUT2D eigenvalue weighted by Crippen LogP contribution is 2.36. The van der Waals surface area contributed by atoms with Gasteiger partial charge in [0.25, 0.3) is 0 Å². The first kappa shape index (κ1) is 14.8. The van der Waals surface area contributed by atoms with E-state index in [1.807, 2.05) is 42.5 Å². The van der Waals surface area contributed by atoms with Crippen LogP contribution in [0.5, 0.6) is 11.5 Å². The summed E-state index contributed by atoms with van der Waals surface area (Å²) in [6, 6.07) is 13.2. The van der Waals surface area contributed by atoms with Crippen LogP contribution < -0.4 is 4.74 Å². The number of benzene rings is 2. The Morgan fingerprint density at radius 1 is 1.17 bits per heavy atom. The molecule has 0 saturated heterocycles. The lowest BCUT2D eigenvalue weighted by Crippen LogP contribution is -1.81. The van der Waals surface area contributed by atoms with Crippen molar-refractivity contribution in [3.05, 3.63) is 46.9 Å². The molecule has 2 aromatic carbocycles. The van der Waals surface area contributed by atoms with E-state index in [1.165, 1.54) is 0 Å². The number of fused-ring (bicyclic) bond motifs is 1. The van der Waals surface area contributed by atoms with Crippen molar-refractivity contribution in [2.45, 2.75) is 0 Å². The second kappa shape index (κ2) is 5.68.